The van der Waals surface area contributed by atoms with Crippen molar-refractivity contribution in [1.82, 2.24) is 14.9 Å². The Morgan fingerprint density at radius 1 is 1.03 bits per heavy atom. The van der Waals surface area contributed by atoms with Crippen LogP contribution >= 0.6 is 0 Å². The van der Waals surface area contributed by atoms with E-state index in [1.165, 1.54) is 23.3 Å². The number of H-pyrrole nitrogens is 1. The highest BCUT2D eigenvalue weighted by Crippen LogP contribution is 2.35. The van der Waals surface area contributed by atoms with E-state index in [2.05, 4.69) is 26.3 Å². The van der Waals surface area contributed by atoms with E-state index < -0.39 is 11.7 Å². The number of carbonyl (C=O) groups is 1. The molecule has 2 aliphatic rings. The maximum absolute atomic E-state index is 13.2. The molecular formula is C27H27F3N4O. The molecule has 35 heavy (non-hydrogen) atoms. The largest absolute Gasteiger partial charge is 0.416 e. The number of aromatic nitrogens is 2. The number of rotatable bonds is 5. The summed E-state index contributed by atoms with van der Waals surface area (Å²) in [5.74, 6) is 0.775. The number of hydrogen-bond donors (Lipinski definition) is 2. The summed E-state index contributed by atoms with van der Waals surface area (Å²) in [6.45, 7) is 2.51. The average Bonchev–Trinajstić information content (AvgIpc) is 3.37. The fourth-order valence-electron chi connectivity index (χ4n) is 4.96. The van der Waals surface area contributed by atoms with Crippen LogP contribution in [-0.4, -0.2) is 27.3 Å². The Bertz CT molecular complexity index is 1230. The summed E-state index contributed by atoms with van der Waals surface area (Å²) >= 11 is 0. The van der Waals surface area contributed by atoms with E-state index in [9.17, 15) is 18.0 Å². The molecule has 0 fully saturated rings. The lowest BCUT2D eigenvalue weighted by Gasteiger charge is -2.28. The van der Waals surface area contributed by atoms with Gasteiger partial charge in [0.05, 0.1) is 12.1 Å². The minimum atomic E-state index is -4.37. The van der Waals surface area contributed by atoms with E-state index in [0.29, 0.717) is 24.0 Å². The molecule has 3 aromatic rings. The lowest BCUT2D eigenvalue weighted by molar-refractivity contribution is -0.137. The molecule has 0 atom stereocenters. The number of imidazole rings is 1. The third kappa shape index (κ3) is 5.32. The predicted molar refractivity (Wildman–Crippen MR) is 128 cm³/mol. The Labute approximate surface area is 202 Å². The average molecular weight is 481 g/mol. The summed E-state index contributed by atoms with van der Waals surface area (Å²) in [4.78, 5) is 23.0. The number of halogens is 3. The van der Waals surface area contributed by atoms with Crippen LogP contribution in [0, 0.1) is 0 Å². The van der Waals surface area contributed by atoms with Crippen molar-refractivity contribution >= 4 is 17.2 Å². The molecule has 0 spiro atoms. The number of nitrogens with zero attached hydrogens (tertiary/aromatic N) is 2. The summed E-state index contributed by atoms with van der Waals surface area (Å²) in [6.07, 6.45) is 3.21. The summed E-state index contributed by atoms with van der Waals surface area (Å²) in [7, 11) is 0. The fraction of sp³-hybridized carbons (Fsp3) is 0.333. The van der Waals surface area contributed by atoms with Crippen LogP contribution in [0.25, 0.3) is 5.57 Å². The smallest absolute Gasteiger partial charge is 0.348 e. The Morgan fingerprint density at radius 3 is 2.57 bits per heavy atom. The first-order valence-corrected chi connectivity index (χ1v) is 11.9. The number of fused-ring (bicyclic) bond motifs is 1. The van der Waals surface area contributed by atoms with Crippen LogP contribution in [0.5, 0.6) is 0 Å². The molecule has 1 aliphatic carbocycles. The lowest BCUT2D eigenvalue weighted by atomic mass is 9.86. The number of nitrogens with one attached hydrogen (secondary N) is 2. The SMILES string of the molecule is O=C(Nc1ccc2c(c1)CCN(Cc1ncc[nH]1)C2)C1=C(c2ccc(C(F)(F)F)cc2)CCCC1. The second-order valence-electron chi connectivity index (χ2n) is 9.17. The van der Waals surface area contributed by atoms with Crippen molar-refractivity contribution in [2.45, 2.75) is 51.4 Å². The van der Waals surface area contributed by atoms with Crippen molar-refractivity contribution < 1.29 is 18.0 Å². The number of carbonyl (C=O) groups excluding carboxylic acids is 1. The molecule has 5 rings (SSSR count). The van der Waals surface area contributed by atoms with Gasteiger partial charge in [-0.05, 0) is 78.6 Å². The van der Waals surface area contributed by atoms with Crippen molar-refractivity contribution in [3.8, 4) is 0 Å². The van der Waals surface area contributed by atoms with Gasteiger partial charge in [0.1, 0.15) is 5.82 Å². The first-order chi connectivity index (χ1) is 16.9. The number of benzene rings is 2. The topological polar surface area (TPSA) is 61.0 Å². The Balaban J connectivity index is 1.31. The molecule has 0 bridgehead atoms. The maximum Gasteiger partial charge on any atom is 0.416 e. The van der Waals surface area contributed by atoms with Gasteiger partial charge in [-0.2, -0.15) is 13.2 Å². The highest BCUT2D eigenvalue weighted by molar-refractivity contribution is 6.09. The second kappa shape index (κ2) is 9.70. The Morgan fingerprint density at radius 2 is 1.83 bits per heavy atom. The zero-order chi connectivity index (χ0) is 24.4. The number of allylic oxidation sites excluding steroid dienone is 1. The van der Waals surface area contributed by atoms with E-state index in [4.69, 9.17) is 0 Å². The quantitative estimate of drug-likeness (QED) is 0.474. The maximum atomic E-state index is 13.2. The van der Waals surface area contributed by atoms with Gasteiger partial charge in [-0.25, -0.2) is 4.98 Å². The molecule has 2 N–H and O–H groups in total. The number of anilines is 1. The van der Waals surface area contributed by atoms with Crippen molar-refractivity contribution in [3.05, 3.63) is 88.5 Å². The molecule has 0 saturated carbocycles. The normalized spacial score (nSPS) is 16.8. The first-order valence-electron chi connectivity index (χ1n) is 11.9. The molecule has 2 aromatic carbocycles. The van der Waals surface area contributed by atoms with Crippen LogP contribution in [0.2, 0.25) is 0 Å². The van der Waals surface area contributed by atoms with Gasteiger partial charge in [-0.1, -0.05) is 18.2 Å². The monoisotopic (exact) mass is 480 g/mol. The van der Waals surface area contributed by atoms with Crippen LogP contribution in [0.15, 0.2) is 60.4 Å². The van der Waals surface area contributed by atoms with E-state index in [1.54, 1.807) is 6.20 Å². The van der Waals surface area contributed by atoms with Gasteiger partial charge in [-0.15, -0.1) is 0 Å². The molecule has 1 amide bonds. The molecule has 0 saturated heterocycles. The predicted octanol–water partition coefficient (Wildman–Crippen LogP) is 5.95. The molecule has 182 valence electrons. The van der Waals surface area contributed by atoms with E-state index >= 15 is 0 Å². The molecule has 0 unspecified atom stereocenters. The standard InChI is InChI=1S/C27H27F3N4O/c28-27(29,30)21-8-5-18(6-9-21)23-3-1-2-4-24(23)26(35)33-22-10-7-20-16-34(14-11-19(20)15-22)17-25-31-12-13-32-25/h5-10,12-13,15H,1-4,11,14,16-17H2,(H,31,32)(H,33,35). The van der Waals surface area contributed by atoms with Crippen LogP contribution in [0.3, 0.4) is 0 Å². The van der Waals surface area contributed by atoms with Crippen molar-refractivity contribution in [2.75, 3.05) is 11.9 Å². The van der Waals surface area contributed by atoms with Crippen molar-refractivity contribution in [2.24, 2.45) is 0 Å². The van der Waals surface area contributed by atoms with Gasteiger partial charge < -0.3 is 10.3 Å². The van der Waals surface area contributed by atoms with Gasteiger partial charge in [0.25, 0.3) is 5.91 Å². The number of aromatic amines is 1. The number of alkyl halides is 3. The van der Waals surface area contributed by atoms with Gasteiger partial charge in [-0.3, -0.25) is 9.69 Å². The van der Waals surface area contributed by atoms with E-state index in [0.717, 1.165) is 68.1 Å². The lowest BCUT2D eigenvalue weighted by Crippen LogP contribution is -2.30. The Hall–Kier alpha value is -3.39. The van der Waals surface area contributed by atoms with E-state index in [1.807, 2.05) is 18.3 Å². The zero-order valence-electron chi connectivity index (χ0n) is 19.3. The van der Waals surface area contributed by atoms with E-state index in [-0.39, 0.29) is 5.91 Å². The number of amides is 1. The van der Waals surface area contributed by atoms with Crippen LogP contribution < -0.4 is 5.32 Å². The minimum absolute atomic E-state index is 0.171. The highest BCUT2D eigenvalue weighted by Gasteiger charge is 2.30. The Kier molecular flexibility index (Phi) is 6.47. The van der Waals surface area contributed by atoms with Crippen molar-refractivity contribution in [1.29, 1.82) is 0 Å². The van der Waals surface area contributed by atoms with Crippen molar-refractivity contribution in [3.63, 3.8) is 0 Å². The summed E-state index contributed by atoms with van der Waals surface area (Å²) < 4.78 is 38.9. The first kappa shape index (κ1) is 23.4. The summed E-state index contributed by atoms with van der Waals surface area (Å²) in [5.41, 5.74) is 4.72. The van der Waals surface area contributed by atoms with Crippen LogP contribution in [-0.2, 0) is 30.5 Å². The van der Waals surface area contributed by atoms with Gasteiger partial charge >= 0.3 is 6.18 Å². The third-order valence-corrected chi connectivity index (χ3v) is 6.79. The number of hydrogen-bond acceptors (Lipinski definition) is 3. The molecule has 1 aliphatic heterocycles. The highest BCUT2D eigenvalue weighted by atomic mass is 19.4. The molecular weight excluding hydrogens is 453 g/mol. The van der Waals surface area contributed by atoms with Crippen LogP contribution in [0.1, 0.15) is 53.8 Å². The second-order valence-corrected chi connectivity index (χ2v) is 9.17. The summed E-state index contributed by atoms with van der Waals surface area (Å²) in [6, 6.07) is 11.2. The molecule has 0 radical (unpaired) electrons. The van der Waals surface area contributed by atoms with Gasteiger partial charge in [0.2, 0.25) is 0 Å². The zero-order valence-corrected chi connectivity index (χ0v) is 19.3. The summed E-state index contributed by atoms with van der Waals surface area (Å²) in [5, 5.41) is 3.04. The van der Waals surface area contributed by atoms with Crippen LogP contribution in [0.4, 0.5) is 18.9 Å². The molecule has 8 heteroatoms. The third-order valence-electron chi connectivity index (χ3n) is 6.79. The molecule has 5 nitrogen and oxygen atoms in total. The van der Waals surface area contributed by atoms with Gasteiger partial charge in [0.15, 0.2) is 0 Å². The minimum Gasteiger partial charge on any atom is -0.348 e. The molecule has 2 heterocycles. The fourth-order valence-corrected chi connectivity index (χ4v) is 4.96. The van der Waals surface area contributed by atoms with Gasteiger partial charge in [0, 0.05) is 36.7 Å². The molecule has 1 aromatic heterocycles.